The summed E-state index contributed by atoms with van der Waals surface area (Å²) in [6, 6.07) is 70.4. The molecule has 262 valence electrons. The topological polar surface area (TPSA) is 42.2 Å². The Morgan fingerprint density at radius 3 is 1.88 bits per heavy atom. The zero-order valence-corrected chi connectivity index (χ0v) is 30.3. The molecule has 9 aromatic carbocycles. The van der Waals surface area contributed by atoms with E-state index in [-0.39, 0.29) is 0 Å². The van der Waals surface area contributed by atoms with Crippen LogP contribution in [0.4, 0.5) is 17.1 Å². The molecule has 0 spiro atoms. The van der Waals surface area contributed by atoms with Crippen molar-refractivity contribution in [2.75, 3.05) is 4.90 Å². The lowest BCUT2D eigenvalue weighted by molar-refractivity contribution is 0.670. The molecule has 56 heavy (non-hydrogen) atoms. The van der Waals surface area contributed by atoms with Gasteiger partial charge in [-0.15, -0.1) is 0 Å². The number of anilines is 3. The van der Waals surface area contributed by atoms with E-state index in [0.717, 1.165) is 83.2 Å². The van der Waals surface area contributed by atoms with Crippen molar-refractivity contribution in [2.24, 2.45) is 0 Å². The molecule has 2 heterocycles. The van der Waals surface area contributed by atoms with Crippen molar-refractivity contribution in [2.45, 2.75) is 0 Å². The van der Waals surface area contributed by atoms with Crippen molar-refractivity contribution in [3.63, 3.8) is 0 Å². The molecular formula is C52H33N3O. The Morgan fingerprint density at radius 2 is 1.04 bits per heavy atom. The molecule has 0 atom stereocenters. The molecule has 0 aliphatic carbocycles. The summed E-state index contributed by atoms with van der Waals surface area (Å²) in [6.45, 7) is 0. The van der Waals surface area contributed by atoms with Crippen LogP contribution in [0.15, 0.2) is 205 Å². The molecule has 0 aliphatic rings. The first-order valence-electron chi connectivity index (χ1n) is 18.9. The number of hydrogen-bond acceptors (Lipinski definition) is 4. The summed E-state index contributed by atoms with van der Waals surface area (Å²) in [4.78, 5) is 12.9. The molecule has 4 nitrogen and oxygen atoms in total. The summed E-state index contributed by atoms with van der Waals surface area (Å²) in [7, 11) is 0. The van der Waals surface area contributed by atoms with Crippen LogP contribution in [0.25, 0.3) is 88.2 Å². The van der Waals surface area contributed by atoms with Crippen LogP contribution in [0.5, 0.6) is 0 Å². The Kier molecular flexibility index (Phi) is 7.46. The first kappa shape index (κ1) is 31.9. The van der Waals surface area contributed by atoms with Gasteiger partial charge in [-0.2, -0.15) is 0 Å². The second kappa shape index (κ2) is 13.1. The van der Waals surface area contributed by atoms with Crippen molar-refractivity contribution in [1.82, 2.24) is 9.97 Å². The van der Waals surface area contributed by atoms with E-state index < -0.39 is 0 Å². The predicted molar refractivity (Wildman–Crippen MR) is 233 cm³/mol. The molecule has 0 N–H and O–H groups in total. The standard InChI is InChI=1S/C52H33N3O/c1-3-16-35(17-4-1)50-43-26-11-12-27-47(43)53-52(54-50)46-32-39(31-45-44-30-37-18-7-8-19-38(37)33-49(44)56-51(45)46)36-21-13-24-41(29-36)55(40-22-5-2-6-23-40)48-28-14-20-34-15-9-10-25-42(34)48/h1-33H. The molecule has 0 amide bonds. The van der Waals surface area contributed by atoms with Gasteiger partial charge in [-0.1, -0.05) is 140 Å². The zero-order valence-electron chi connectivity index (χ0n) is 30.3. The van der Waals surface area contributed by atoms with Crippen LogP contribution in [-0.2, 0) is 0 Å². The van der Waals surface area contributed by atoms with E-state index in [9.17, 15) is 0 Å². The van der Waals surface area contributed by atoms with Crippen LogP contribution in [0.2, 0.25) is 0 Å². The summed E-state index contributed by atoms with van der Waals surface area (Å²) in [5.41, 5.74) is 10.7. The van der Waals surface area contributed by atoms with Crippen molar-refractivity contribution in [3.05, 3.63) is 200 Å². The lowest BCUT2D eigenvalue weighted by atomic mass is 9.97. The van der Waals surface area contributed by atoms with Crippen LogP contribution in [-0.4, -0.2) is 9.97 Å². The highest BCUT2D eigenvalue weighted by atomic mass is 16.3. The highest BCUT2D eigenvalue weighted by molar-refractivity contribution is 6.14. The lowest BCUT2D eigenvalue weighted by Gasteiger charge is -2.27. The van der Waals surface area contributed by atoms with Gasteiger partial charge in [0.15, 0.2) is 5.82 Å². The molecule has 0 bridgehead atoms. The zero-order chi connectivity index (χ0) is 37.0. The van der Waals surface area contributed by atoms with E-state index in [0.29, 0.717) is 5.82 Å². The first-order valence-corrected chi connectivity index (χ1v) is 18.9. The number of hydrogen-bond donors (Lipinski definition) is 0. The fourth-order valence-corrected chi connectivity index (χ4v) is 8.14. The van der Waals surface area contributed by atoms with E-state index >= 15 is 0 Å². The molecule has 11 rings (SSSR count). The Morgan fingerprint density at radius 1 is 0.393 bits per heavy atom. The summed E-state index contributed by atoms with van der Waals surface area (Å²) in [5.74, 6) is 0.621. The van der Waals surface area contributed by atoms with Gasteiger partial charge in [0.05, 0.1) is 22.5 Å². The van der Waals surface area contributed by atoms with Crippen LogP contribution in [0.3, 0.4) is 0 Å². The maximum atomic E-state index is 6.82. The predicted octanol–water partition coefficient (Wildman–Crippen LogP) is 14.3. The molecule has 2 aromatic heterocycles. The third kappa shape index (κ3) is 5.39. The summed E-state index contributed by atoms with van der Waals surface area (Å²) in [6.07, 6.45) is 0. The highest BCUT2D eigenvalue weighted by Crippen LogP contribution is 2.44. The van der Waals surface area contributed by atoms with Crippen molar-refractivity contribution in [3.8, 4) is 33.8 Å². The Balaban J connectivity index is 1.17. The van der Waals surface area contributed by atoms with Crippen LogP contribution < -0.4 is 4.90 Å². The Bertz CT molecular complexity index is 3260. The lowest BCUT2D eigenvalue weighted by Crippen LogP contribution is -2.10. The second-order valence-corrected chi connectivity index (χ2v) is 14.2. The van der Waals surface area contributed by atoms with Gasteiger partial charge in [0.1, 0.15) is 11.2 Å². The molecule has 0 unspecified atom stereocenters. The highest BCUT2D eigenvalue weighted by Gasteiger charge is 2.21. The summed E-state index contributed by atoms with van der Waals surface area (Å²) in [5, 5.41) is 7.77. The van der Waals surface area contributed by atoms with E-state index in [1.165, 1.54) is 16.2 Å². The van der Waals surface area contributed by atoms with Crippen molar-refractivity contribution < 1.29 is 4.42 Å². The number of benzene rings is 9. The van der Waals surface area contributed by atoms with E-state index in [4.69, 9.17) is 14.4 Å². The normalized spacial score (nSPS) is 11.6. The minimum Gasteiger partial charge on any atom is -0.455 e. The largest absolute Gasteiger partial charge is 0.455 e. The average Bonchev–Trinajstić information content (AvgIpc) is 3.63. The summed E-state index contributed by atoms with van der Waals surface area (Å²) < 4.78 is 6.82. The minimum atomic E-state index is 0.621. The van der Waals surface area contributed by atoms with Gasteiger partial charge in [0, 0.05) is 38.5 Å². The Labute approximate surface area is 323 Å². The van der Waals surface area contributed by atoms with Gasteiger partial charge in [-0.05, 0) is 87.9 Å². The third-order valence-corrected chi connectivity index (χ3v) is 10.8. The van der Waals surface area contributed by atoms with Gasteiger partial charge in [-0.25, -0.2) is 9.97 Å². The summed E-state index contributed by atoms with van der Waals surface area (Å²) >= 11 is 0. The van der Waals surface area contributed by atoms with Crippen molar-refractivity contribution in [1.29, 1.82) is 0 Å². The number of fused-ring (bicyclic) bond motifs is 6. The van der Waals surface area contributed by atoms with Gasteiger partial charge in [0.25, 0.3) is 0 Å². The van der Waals surface area contributed by atoms with Gasteiger partial charge < -0.3 is 9.32 Å². The minimum absolute atomic E-state index is 0.621. The van der Waals surface area contributed by atoms with Crippen LogP contribution in [0, 0.1) is 0 Å². The van der Waals surface area contributed by atoms with Crippen LogP contribution >= 0.6 is 0 Å². The number of nitrogens with zero attached hydrogens (tertiary/aromatic N) is 3. The molecule has 0 fully saturated rings. The Hall–Kier alpha value is -7.56. The molecule has 0 saturated carbocycles. The molecule has 0 aliphatic heterocycles. The van der Waals surface area contributed by atoms with Crippen LogP contribution in [0.1, 0.15) is 0 Å². The monoisotopic (exact) mass is 715 g/mol. The fourth-order valence-electron chi connectivity index (χ4n) is 8.14. The second-order valence-electron chi connectivity index (χ2n) is 14.2. The SMILES string of the molecule is c1ccc(-c2nc(-c3cc(-c4cccc(N(c5ccccc5)c5cccc6ccccc56)c4)cc4c3oc3cc5ccccc5cc34)nc3ccccc23)cc1. The average molecular weight is 716 g/mol. The number of aromatic nitrogens is 2. The number of para-hydroxylation sites is 2. The number of rotatable bonds is 6. The molecule has 11 aromatic rings. The van der Waals surface area contributed by atoms with Gasteiger partial charge in [-0.3, -0.25) is 0 Å². The van der Waals surface area contributed by atoms with E-state index in [1.807, 2.05) is 18.2 Å². The van der Waals surface area contributed by atoms with E-state index in [1.54, 1.807) is 0 Å². The third-order valence-electron chi connectivity index (χ3n) is 10.8. The molecular weight excluding hydrogens is 683 g/mol. The quantitative estimate of drug-likeness (QED) is 0.172. The van der Waals surface area contributed by atoms with Gasteiger partial charge in [0.2, 0.25) is 0 Å². The van der Waals surface area contributed by atoms with Gasteiger partial charge >= 0.3 is 0 Å². The molecule has 0 radical (unpaired) electrons. The fraction of sp³-hybridized carbons (Fsp3) is 0. The maximum absolute atomic E-state index is 6.82. The first-order chi connectivity index (χ1) is 27.7. The number of furan rings is 1. The van der Waals surface area contributed by atoms with E-state index in [2.05, 4.69) is 187 Å². The van der Waals surface area contributed by atoms with Crippen molar-refractivity contribution >= 4 is 71.4 Å². The molecule has 4 heteroatoms. The maximum Gasteiger partial charge on any atom is 0.164 e. The molecule has 0 saturated heterocycles. The smallest absolute Gasteiger partial charge is 0.164 e.